The molecule has 1 rings (SSSR count). The Kier molecular flexibility index (Phi) is 7.73. The second kappa shape index (κ2) is 9.06. The summed E-state index contributed by atoms with van der Waals surface area (Å²) in [4.78, 5) is 33.7. The number of alkyl carbamates (subject to hydrolysis) is 1. The summed E-state index contributed by atoms with van der Waals surface area (Å²) in [6.07, 6.45) is -3.02. The monoisotopic (exact) mass is 418 g/mol. The first kappa shape index (κ1) is 20.5. The number of halogens is 2. The summed E-state index contributed by atoms with van der Waals surface area (Å²) in [7, 11) is -3.08. The van der Waals surface area contributed by atoms with Gasteiger partial charge in [0.1, 0.15) is 10.4 Å². The number of carbonyl (C=O) groups excluding carboxylic acids is 3. The average Bonchev–Trinajstić information content (AvgIpc) is 2.71. The van der Waals surface area contributed by atoms with E-state index in [0.29, 0.717) is 0 Å². The Hall–Kier alpha value is -1.56. The maximum Gasteiger partial charge on any atom is 0.416 e. The number of rotatable bonds is 6. The van der Waals surface area contributed by atoms with Crippen molar-refractivity contribution in [1.82, 2.24) is 5.32 Å². The Balaban J connectivity index is 3.11. The Morgan fingerprint density at radius 3 is 2.42 bits per heavy atom. The summed E-state index contributed by atoms with van der Waals surface area (Å²) in [5, 5.41) is 2.05. The fraction of sp³-hybridized carbons (Fsp3) is 0.364. The van der Waals surface area contributed by atoms with Crippen molar-refractivity contribution in [2.75, 3.05) is 6.61 Å². The van der Waals surface area contributed by atoms with Crippen LogP contribution in [0.4, 0.5) is 9.59 Å². The molecule has 2 amide bonds. The van der Waals surface area contributed by atoms with E-state index >= 15 is 0 Å². The molecule has 24 heavy (non-hydrogen) atoms. The number of ether oxygens (including phenoxy) is 2. The number of primary amides is 1. The average molecular weight is 419 g/mol. The van der Waals surface area contributed by atoms with Crippen LogP contribution in [0, 0.1) is 0 Å². The normalized spacial score (nSPS) is 11.8. The number of hydrogen-bond acceptors (Lipinski definition) is 8. The molecule has 1 heterocycles. The lowest BCUT2D eigenvalue weighted by Crippen LogP contribution is -2.44. The van der Waals surface area contributed by atoms with E-state index in [1.807, 2.05) is 0 Å². The third-order valence-corrected chi connectivity index (χ3v) is 5.37. The van der Waals surface area contributed by atoms with Crippen molar-refractivity contribution in [1.29, 1.82) is 0 Å². The van der Waals surface area contributed by atoms with Gasteiger partial charge in [-0.2, -0.15) is 0 Å². The van der Waals surface area contributed by atoms with Crippen molar-refractivity contribution in [2.24, 2.45) is 5.73 Å². The van der Waals surface area contributed by atoms with Crippen molar-refractivity contribution in [3.8, 4) is 0 Å². The molecule has 0 radical (unpaired) electrons. The van der Waals surface area contributed by atoms with E-state index in [1.165, 1.54) is 6.92 Å². The topological polar surface area (TPSA) is 142 Å². The third-order valence-electron chi connectivity index (χ3n) is 2.54. The molecule has 3 N–H and O–H groups in total. The summed E-state index contributed by atoms with van der Waals surface area (Å²) in [6, 6.07) is -1.37. The Morgan fingerprint density at radius 1 is 1.29 bits per heavy atom. The van der Waals surface area contributed by atoms with Gasteiger partial charge in [0.25, 0.3) is 0 Å². The number of hydrogen-bond donors (Lipinski definition) is 3. The van der Waals surface area contributed by atoms with Gasteiger partial charge in [0, 0.05) is 12.0 Å². The summed E-state index contributed by atoms with van der Waals surface area (Å²) >= 11 is 12.5. The van der Waals surface area contributed by atoms with Crippen LogP contribution in [0.15, 0.2) is 4.90 Å². The van der Waals surface area contributed by atoms with Gasteiger partial charge in [-0.05, 0) is 6.92 Å². The van der Waals surface area contributed by atoms with Crippen LogP contribution in [0.2, 0.25) is 8.67 Å². The first-order valence-electron chi connectivity index (χ1n) is 6.22. The maximum atomic E-state index is 11.9. The largest absolute Gasteiger partial charge is 0.464 e. The molecular weight excluding hydrogens is 407 g/mol. The number of amides is 2. The molecule has 0 fully saturated rings. The highest BCUT2D eigenvalue weighted by Crippen LogP contribution is 2.38. The van der Waals surface area contributed by atoms with E-state index in [1.54, 1.807) is 0 Å². The van der Waals surface area contributed by atoms with Crippen LogP contribution in [0.1, 0.15) is 12.5 Å². The van der Waals surface area contributed by atoms with Gasteiger partial charge in [-0.1, -0.05) is 23.2 Å². The molecule has 0 bridgehead atoms. The Bertz CT molecular complexity index is 724. The molecule has 0 saturated carbocycles. The molecule has 1 aromatic heterocycles. The van der Waals surface area contributed by atoms with Crippen molar-refractivity contribution in [2.45, 2.75) is 24.3 Å². The minimum atomic E-state index is -3.08. The van der Waals surface area contributed by atoms with Crippen LogP contribution in [0.5, 0.6) is 0 Å². The number of thiol groups is 1. The predicted octanol–water partition coefficient (Wildman–Crippen LogP) is 1.30. The highest BCUT2D eigenvalue weighted by Gasteiger charge is 2.28. The van der Waals surface area contributed by atoms with E-state index in [9.17, 15) is 22.8 Å². The highest BCUT2D eigenvalue weighted by molar-refractivity contribution is 7.73. The van der Waals surface area contributed by atoms with E-state index < -0.39 is 34.9 Å². The van der Waals surface area contributed by atoms with Crippen LogP contribution in [0.25, 0.3) is 0 Å². The SMILES string of the molecule is CCOC(=O)C(Cc1c(Cl)sc(Cl)c1[SH](=O)=O)NC(=O)OC(N)=O. The molecule has 0 aromatic carbocycles. The van der Waals surface area contributed by atoms with Crippen molar-refractivity contribution < 1.29 is 32.3 Å². The van der Waals surface area contributed by atoms with Gasteiger partial charge >= 0.3 is 18.2 Å². The minimum absolute atomic E-state index is 0.00266. The number of carbonyl (C=O) groups is 3. The van der Waals surface area contributed by atoms with Crippen LogP contribution < -0.4 is 11.1 Å². The molecule has 0 aliphatic carbocycles. The second-order valence-corrected chi connectivity index (χ2v) is 7.28. The van der Waals surface area contributed by atoms with E-state index in [-0.39, 0.29) is 32.2 Å². The first-order chi connectivity index (χ1) is 11.2. The molecule has 0 saturated heterocycles. The van der Waals surface area contributed by atoms with Crippen molar-refractivity contribution >= 4 is 63.4 Å². The lowest BCUT2D eigenvalue weighted by molar-refractivity contribution is -0.145. The molecular formula is C11H12Cl2N2O7S2. The molecule has 0 aliphatic heterocycles. The lowest BCUT2D eigenvalue weighted by Gasteiger charge is -2.16. The van der Waals surface area contributed by atoms with Gasteiger partial charge in [0.2, 0.25) is 0 Å². The summed E-state index contributed by atoms with van der Waals surface area (Å²) in [6.45, 7) is 1.54. The smallest absolute Gasteiger partial charge is 0.416 e. The molecule has 1 unspecified atom stereocenters. The minimum Gasteiger partial charge on any atom is -0.464 e. The lowest BCUT2D eigenvalue weighted by atomic mass is 10.1. The Morgan fingerprint density at radius 2 is 1.92 bits per heavy atom. The van der Waals surface area contributed by atoms with Gasteiger partial charge in [-0.25, -0.2) is 22.8 Å². The fourth-order valence-corrected chi connectivity index (χ4v) is 4.49. The zero-order valence-electron chi connectivity index (χ0n) is 12.0. The van der Waals surface area contributed by atoms with Gasteiger partial charge in [0.15, 0.2) is 10.7 Å². The molecule has 0 spiro atoms. The van der Waals surface area contributed by atoms with Crippen LogP contribution in [-0.4, -0.2) is 39.2 Å². The van der Waals surface area contributed by atoms with Crippen LogP contribution in [-0.2, 0) is 31.4 Å². The number of nitrogens with one attached hydrogen (secondary N) is 1. The standard InChI is InChI=1S/C11H12Cl2N2O7S2/c1-2-21-9(16)5(15-11(18)22-10(14)17)3-4-6(24(19)20)8(13)23-7(4)12/h5,24H,2-3H2,1H3,(H2,14,17)(H,15,18). The molecule has 9 nitrogen and oxygen atoms in total. The summed E-state index contributed by atoms with van der Waals surface area (Å²) < 4.78 is 31.4. The van der Waals surface area contributed by atoms with E-state index in [4.69, 9.17) is 33.7 Å². The van der Waals surface area contributed by atoms with Gasteiger partial charge in [0.05, 0.1) is 15.8 Å². The molecule has 1 atom stereocenters. The molecule has 13 heteroatoms. The molecule has 1 aromatic rings. The zero-order chi connectivity index (χ0) is 18.4. The van der Waals surface area contributed by atoms with E-state index in [2.05, 4.69) is 10.1 Å². The predicted molar refractivity (Wildman–Crippen MR) is 86.2 cm³/mol. The van der Waals surface area contributed by atoms with Crippen molar-refractivity contribution in [3.63, 3.8) is 0 Å². The number of nitrogens with two attached hydrogens (primary N) is 1. The third kappa shape index (κ3) is 5.51. The van der Waals surface area contributed by atoms with Crippen molar-refractivity contribution in [3.05, 3.63) is 14.2 Å². The zero-order valence-corrected chi connectivity index (χ0v) is 15.3. The number of esters is 1. The second-order valence-electron chi connectivity index (χ2n) is 4.10. The van der Waals surface area contributed by atoms with Crippen LogP contribution >= 0.6 is 34.5 Å². The highest BCUT2D eigenvalue weighted by atomic mass is 35.5. The summed E-state index contributed by atoms with van der Waals surface area (Å²) in [5.74, 6) is -0.885. The van der Waals surface area contributed by atoms with Gasteiger partial charge in [-0.3, -0.25) is 0 Å². The van der Waals surface area contributed by atoms with Gasteiger partial charge < -0.3 is 20.5 Å². The van der Waals surface area contributed by atoms with Crippen LogP contribution in [0.3, 0.4) is 0 Å². The maximum absolute atomic E-state index is 11.9. The first-order valence-corrected chi connectivity index (χ1v) is 8.97. The van der Waals surface area contributed by atoms with E-state index in [0.717, 1.165) is 11.3 Å². The fourth-order valence-electron chi connectivity index (χ4n) is 1.66. The molecule has 134 valence electrons. The van der Waals surface area contributed by atoms with Gasteiger partial charge in [-0.15, -0.1) is 11.3 Å². The number of thiophene rings is 1. The molecule has 0 aliphatic rings. The summed E-state index contributed by atoms with van der Waals surface area (Å²) in [5.41, 5.74) is 4.73. The quantitative estimate of drug-likeness (QED) is 0.358. The Labute approximate surface area is 151 Å².